The van der Waals surface area contributed by atoms with Crippen molar-refractivity contribution in [1.29, 1.82) is 0 Å². The van der Waals surface area contributed by atoms with Gasteiger partial charge in [-0.3, -0.25) is 39.4 Å². The van der Waals surface area contributed by atoms with Gasteiger partial charge in [-0.15, -0.1) is 22.7 Å². The van der Waals surface area contributed by atoms with Crippen LogP contribution in [0.1, 0.15) is 62.1 Å². The molecule has 0 aliphatic carbocycles. The molecule has 6 amide bonds. The van der Waals surface area contributed by atoms with Crippen molar-refractivity contribution in [2.24, 2.45) is 0 Å². The molecule has 0 fully saturated rings. The highest BCUT2D eigenvalue weighted by Gasteiger charge is 2.41. The van der Waals surface area contributed by atoms with Crippen LogP contribution < -0.4 is 20.4 Å². The predicted octanol–water partition coefficient (Wildman–Crippen LogP) is 4.10. The van der Waals surface area contributed by atoms with Crippen LogP contribution in [0.2, 0.25) is 0 Å². The number of hydrogen-bond donors (Lipinski definition) is 2. The van der Waals surface area contributed by atoms with E-state index in [0.29, 0.717) is 10.3 Å². The second-order valence-corrected chi connectivity index (χ2v) is 11.1. The Morgan fingerprint density at radius 1 is 0.591 bits per heavy atom. The molecule has 44 heavy (non-hydrogen) atoms. The van der Waals surface area contributed by atoms with Crippen LogP contribution in [0.3, 0.4) is 0 Å². The summed E-state index contributed by atoms with van der Waals surface area (Å²) in [4.78, 5) is 92.6. The second-order valence-electron chi connectivity index (χ2n) is 9.35. The van der Waals surface area contributed by atoms with Crippen LogP contribution in [0.4, 0.5) is 21.9 Å². The minimum atomic E-state index is -0.725. The standard InChI is InChI=1S/C29H15N7O6S2/c37-22(33-28-30-8-10-43-28)14-4-6-16-18(12-14)26(41)35(24(16)39)20-2-1-3-21(32-20)36-25(40)17-7-5-15(13-19(17)27(36)42)23(38)34-29-31-9-11-44-29/h1-13H,(H,30,33,37)(H,31,34,38). The maximum Gasteiger partial charge on any atom is 0.267 e. The minimum absolute atomic E-state index is 0.00160. The molecule has 13 nitrogen and oxygen atoms in total. The molecular formula is C29H15N7O6S2. The van der Waals surface area contributed by atoms with Gasteiger partial charge in [-0.1, -0.05) is 6.07 Å². The lowest BCUT2D eigenvalue weighted by Crippen LogP contribution is -2.33. The third-order valence-electron chi connectivity index (χ3n) is 6.78. The number of imide groups is 2. The van der Waals surface area contributed by atoms with Crippen molar-refractivity contribution < 1.29 is 28.8 Å². The summed E-state index contributed by atoms with van der Waals surface area (Å²) in [5, 5.41) is 9.40. The van der Waals surface area contributed by atoms with Gasteiger partial charge in [0.2, 0.25) is 0 Å². The first-order chi connectivity index (χ1) is 21.3. The largest absolute Gasteiger partial charge is 0.298 e. The molecule has 5 aromatic rings. The van der Waals surface area contributed by atoms with E-state index >= 15 is 0 Å². The number of benzene rings is 2. The topological polar surface area (TPSA) is 172 Å². The summed E-state index contributed by atoms with van der Waals surface area (Å²) < 4.78 is 0. The van der Waals surface area contributed by atoms with Crippen LogP contribution in [0.5, 0.6) is 0 Å². The summed E-state index contributed by atoms with van der Waals surface area (Å²) in [7, 11) is 0. The maximum atomic E-state index is 13.4. The molecule has 0 spiro atoms. The molecule has 2 aromatic carbocycles. The number of fused-ring (bicyclic) bond motifs is 2. The first-order valence-electron chi connectivity index (χ1n) is 12.7. The number of nitrogens with zero attached hydrogens (tertiary/aromatic N) is 5. The summed E-state index contributed by atoms with van der Waals surface area (Å²) in [5.74, 6) is -4.06. The van der Waals surface area contributed by atoms with Gasteiger partial charge in [0.1, 0.15) is 11.6 Å². The van der Waals surface area contributed by atoms with Crippen molar-refractivity contribution in [3.63, 3.8) is 0 Å². The van der Waals surface area contributed by atoms with Crippen LogP contribution in [-0.2, 0) is 0 Å². The fraction of sp³-hybridized carbons (Fsp3) is 0. The number of carbonyl (C=O) groups is 6. The molecule has 0 bridgehead atoms. The van der Waals surface area contributed by atoms with E-state index in [9.17, 15) is 28.8 Å². The molecule has 3 aromatic heterocycles. The van der Waals surface area contributed by atoms with Crippen molar-refractivity contribution in [2.45, 2.75) is 0 Å². The van der Waals surface area contributed by atoms with Gasteiger partial charge in [-0.05, 0) is 48.5 Å². The van der Waals surface area contributed by atoms with E-state index in [1.807, 2.05) is 0 Å². The van der Waals surface area contributed by atoms with Crippen molar-refractivity contribution in [3.8, 4) is 0 Å². The third-order valence-corrected chi connectivity index (χ3v) is 8.16. The molecule has 2 aliphatic rings. The van der Waals surface area contributed by atoms with Gasteiger partial charge in [0, 0.05) is 34.3 Å². The van der Waals surface area contributed by atoms with Gasteiger partial charge in [0.05, 0.1) is 22.3 Å². The van der Waals surface area contributed by atoms with Crippen molar-refractivity contribution in [2.75, 3.05) is 20.4 Å². The van der Waals surface area contributed by atoms with Gasteiger partial charge in [-0.2, -0.15) is 0 Å². The lowest BCUT2D eigenvalue weighted by atomic mass is 10.1. The Bertz CT molecular complexity index is 1920. The van der Waals surface area contributed by atoms with Crippen LogP contribution >= 0.6 is 22.7 Å². The minimum Gasteiger partial charge on any atom is -0.298 e. The number of amides is 6. The molecule has 7 rings (SSSR count). The highest BCUT2D eigenvalue weighted by molar-refractivity contribution is 7.14. The van der Waals surface area contributed by atoms with Gasteiger partial charge >= 0.3 is 0 Å². The van der Waals surface area contributed by atoms with E-state index in [4.69, 9.17) is 0 Å². The molecule has 0 saturated heterocycles. The van der Waals surface area contributed by atoms with Crippen LogP contribution in [-0.4, -0.2) is 50.4 Å². The normalized spacial score (nSPS) is 13.7. The zero-order chi connectivity index (χ0) is 30.5. The highest BCUT2D eigenvalue weighted by Crippen LogP contribution is 2.32. The molecule has 15 heteroatoms. The van der Waals surface area contributed by atoms with E-state index in [2.05, 4.69) is 25.6 Å². The lowest BCUT2D eigenvalue weighted by molar-refractivity contribution is 0.0912. The summed E-state index contributed by atoms with van der Waals surface area (Å²) in [6.07, 6.45) is 3.07. The van der Waals surface area contributed by atoms with Gasteiger partial charge < -0.3 is 0 Å². The number of carbonyl (C=O) groups excluding carboxylic acids is 6. The molecule has 0 unspecified atom stereocenters. The van der Waals surface area contributed by atoms with Gasteiger partial charge in [0.15, 0.2) is 10.3 Å². The number of rotatable bonds is 6. The second kappa shape index (κ2) is 10.4. The lowest BCUT2D eigenvalue weighted by Gasteiger charge is -2.17. The average molecular weight is 622 g/mol. The SMILES string of the molecule is O=C(Nc1nccs1)c1ccc2c(c1)C(=O)N(c1cccc(N3C(=O)c4ccc(C(=O)Nc5nccs5)cc4C3=O)n1)C2=O. The Labute approximate surface area is 254 Å². The Morgan fingerprint density at radius 2 is 1.02 bits per heavy atom. The van der Waals surface area contributed by atoms with Gasteiger partial charge in [0.25, 0.3) is 35.4 Å². The molecular weight excluding hydrogens is 606 g/mol. The molecule has 2 aliphatic heterocycles. The maximum absolute atomic E-state index is 13.4. The summed E-state index contributed by atoms with van der Waals surface area (Å²) in [5.41, 5.74) is 0.426. The molecule has 0 atom stereocenters. The number of aromatic nitrogens is 3. The number of nitrogens with one attached hydrogen (secondary N) is 2. The molecule has 2 N–H and O–H groups in total. The average Bonchev–Trinajstić information content (AvgIpc) is 3.82. The van der Waals surface area contributed by atoms with Crippen LogP contribution in [0.25, 0.3) is 0 Å². The predicted molar refractivity (Wildman–Crippen MR) is 160 cm³/mol. The summed E-state index contributed by atoms with van der Waals surface area (Å²) >= 11 is 2.46. The number of thiazole rings is 2. The smallest absolute Gasteiger partial charge is 0.267 e. The Balaban J connectivity index is 1.14. The van der Waals surface area contributed by atoms with E-state index in [1.165, 1.54) is 89.7 Å². The number of anilines is 4. The van der Waals surface area contributed by atoms with E-state index in [0.717, 1.165) is 9.80 Å². The van der Waals surface area contributed by atoms with Crippen molar-refractivity contribution in [3.05, 3.63) is 111 Å². The van der Waals surface area contributed by atoms with Crippen LogP contribution in [0, 0.1) is 0 Å². The summed E-state index contributed by atoms with van der Waals surface area (Å²) in [6.45, 7) is 0. The van der Waals surface area contributed by atoms with Crippen molar-refractivity contribution >= 4 is 80.0 Å². The molecule has 5 heterocycles. The first-order valence-corrected chi connectivity index (χ1v) is 14.5. The Hall–Kier alpha value is -5.93. The third kappa shape index (κ3) is 4.43. The molecule has 0 radical (unpaired) electrons. The first kappa shape index (κ1) is 26.9. The number of hydrogen-bond acceptors (Lipinski definition) is 11. The zero-order valence-electron chi connectivity index (χ0n) is 22.0. The zero-order valence-corrected chi connectivity index (χ0v) is 23.6. The molecule has 214 valence electrons. The molecule has 0 saturated carbocycles. The summed E-state index contributed by atoms with van der Waals surface area (Å²) in [6, 6.07) is 12.5. The fourth-order valence-corrected chi connectivity index (χ4v) is 5.80. The van der Waals surface area contributed by atoms with E-state index in [1.54, 1.807) is 10.8 Å². The highest BCUT2D eigenvalue weighted by atomic mass is 32.1. The number of pyridine rings is 1. The van der Waals surface area contributed by atoms with Crippen molar-refractivity contribution in [1.82, 2.24) is 15.0 Å². The monoisotopic (exact) mass is 621 g/mol. The Morgan fingerprint density at radius 3 is 1.43 bits per heavy atom. The van der Waals surface area contributed by atoms with Crippen LogP contribution in [0.15, 0.2) is 77.8 Å². The van der Waals surface area contributed by atoms with E-state index in [-0.39, 0.29) is 45.0 Å². The quantitative estimate of drug-likeness (QED) is 0.265. The van der Waals surface area contributed by atoms with Gasteiger partial charge in [-0.25, -0.2) is 24.8 Å². The fourth-order valence-electron chi connectivity index (χ4n) is 4.75. The van der Waals surface area contributed by atoms with E-state index < -0.39 is 35.4 Å². The Kier molecular flexibility index (Phi) is 6.37.